The van der Waals surface area contributed by atoms with Crippen LogP contribution in [0.25, 0.3) is 0 Å². The summed E-state index contributed by atoms with van der Waals surface area (Å²) in [5, 5.41) is 0. The molecule has 0 atom stereocenters. The van der Waals surface area contributed by atoms with Crippen molar-refractivity contribution in [2.24, 2.45) is 0 Å². The second-order valence-corrected chi connectivity index (χ2v) is 4.10. The highest BCUT2D eigenvalue weighted by molar-refractivity contribution is 5.77. The van der Waals surface area contributed by atoms with Gasteiger partial charge in [0.25, 0.3) is 0 Å². The molecule has 0 radical (unpaired) electrons. The monoisotopic (exact) mass is 215 g/mol. The zero-order valence-electron chi connectivity index (χ0n) is 9.86. The van der Waals surface area contributed by atoms with E-state index < -0.39 is 0 Å². The normalized spacial score (nSPS) is 26.3. The highest BCUT2D eigenvalue weighted by Crippen LogP contribution is 2.23. The molecule has 0 aromatic carbocycles. The standard InChI is InChI=1S/C11H21NO3/c1-12(11(13)8-14-2)9-4-6-10(15-3)7-5-9/h9-10H,4-8H2,1-3H3. The zero-order valence-corrected chi connectivity index (χ0v) is 9.86. The number of nitrogens with zero attached hydrogens (tertiary/aromatic N) is 1. The second-order valence-electron chi connectivity index (χ2n) is 4.10. The maximum atomic E-state index is 11.6. The molecule has 4 heteroatoms. The third-order valence-electron chi connectivity index (χ3n) is 3.19. The first-order valence-corrected chi connectivity index (χ1v) is 5.46. The summed E-state index contributed by atoms with van der Waals surface area (Å²) < 4.78 is 10.1. The van der Waals surface area contributed by atoms with Gasteiger partial charge in [-0.15, -0.1) is 0 Å². The number of likely N-dealkylation sites (N-methyl/N-ethyl adjacent to an activating group) is 1. The third-order valence-corrected chi connectivity index (χ3v) is 3.19. The van der Waals surface area contributed by atoms with E-state index in [9.17, 15) is 4.79 Å². The summed E-state index contributed by atoms with van der Waals surface area (Å²) >= 11 is 0. The molecule has 0 unspecified atom stereocenters. The molecule has 0 heterocycles. The summed E-state index contributed by atoms with van der Waals surface area (Å²) in [5.41, 5.74) is 0. The van der Waals surface area contributed by atoms with E-state index in [0.29, 0.717) is 12.1 Å². The van der Waals surface area contributed by atoms with Crippen LogP contribution in [0.3, 0.4) is 0 Å². The molecule has 1 aliphatic carbocycles. The van der Waals surface area contributed by atoms with Crippen LogP contribution in [0.15, 0.2) is 0 Å². The predicted molar refractivity (Wildman–Crippen MR) is 57.7 cm³/mol. The predicted octanol–water partition coefficient (Wildman–Crippen LogP) is 1.05. The van der Waals surface area contributed by atoms with Crippen LogP contribution in [-0.4, -0.2) is 50.8 Å². The summed E-state index contributed by atoms with van der Waals surface area (Å²) in [7, 11) is 5.16. The Morgan fingerprint density at radius 2 is 1.87 bits per heavy atom. The molecular formula is C11H21NO3. The van der Waals surface area contributed by atoms with Crippen LogP contribution < -0.4 is 0 Å². The van der Waals surface area contributed by atoms with E-state index in [1.807, 2.05) is 11.9 Å². The minimum atomic E-state index is 0.0679. The number of ether oxygens (including phenoxy) is 2. The van der Waals surface area contributed by atoms with Crippen molar-refractivity contribution in [2.45, 2.75) is 37.8 Å². The van der Waals surface area contributed by atoms with Crippen molar-refractivity contribution in [1.82, 2.24) is 4.90 Å². The largest absolute Gasteiger partial charge is 0.381 e. The minimum Gasteiger partial charge on any atom is -0.381 e. The van der Waals surface area contributed by atoms with Crippen molar-refractivity contribution in [3.63, 3.8) is 0 Å². The fourth-order valence-electron chi connectivity index (χ4n) is 2.10. The van der Waals surface area contributed by atoms with Gasteiger partial charge in [0, 0.05) is 27.3 Å². The highest BCUT2D eigenvalue weighted by atomic mass is 16.5. The van der Waals surface area contributed by atoms with E-state index >= 15 is 0 Å². The van der Waals surface area contributed by atoms with Gasteiger partial charge in [-0.3, -0.25) is 4.79 Å². The van der Waals surface area contributed by atoms with Crippen molar-refractivity contribution < 1.29 is 14.3 Å². The average molecular weight is 215 g/mol. The van der Waals surface area contributed by atoms with E-state index in [4.69, 9.17) is 9.47 Å². The Hall–Kier alpha value is -0.610. The first kappa shape index (κ1) is 12.5. The summed E-state index contributed by atoms with van der Waals surface area (Å²) in [5.74, 6) is 0.0679. The Bertz CT molecular complexity index is 200. The number of methoxy groups -OCH3 is 2. The Kier molecular flexibility index (Phi) is 5.05. The lowest BCUT2D eigenvalue weighted by Crippen LogP contribution is -2.42. The number of hydrogen-bond donors (Lipinski definition) is 0. The Balaban J connectivity index is 2.35. The fraction of sp³-hybridized carbons (Fsp3) is 0.909. The van der Waals surface area contributed by atoms with Gasteiger partial charge in [-0.25, -0.2) is 0 Å². The lowest BCUT2D eigenvalue weighted by atomic mass is 9.92. The molecule has 15 heavy (non-hydrogen) atoms. The first-order chi connectivity index (χ1) is 7.19. The third kappa shape index (κ3) is 3.47. The van der Waals surface area contributed by atoms with Gasteiger partial charge in [-0.05, 0) is 25.7 Å². The summed E-state index contributed by atoms with van der Waals surface area (Å²) in [6.45, 7) is 0.181. The van der Waals surface area contributed by atoms with Crippen LogP contribution in [0, 0.1) is 0 Å². The van der Waals surface area contributed by atoms with Gasteiger partial charge >= 0.3 is 0 Å². The molecule has 0 spiro atoms. The molecule has 0 aromatic rings. The molecular weight excluding hydrogens is 194 g/mol. The molecule has 0 bridgehead atoms. The second kappa shape index (κ2) is 6.08. The van der Waals surface area contributed by atoms with Crippen molar-refractivity contribution >= 4 is 5.91 Å². The first-order valence-electron chi connectivity index (χ1n) is 5.46. The molecule has 1 aliphatic rings. The summed E-state index contributed by atoms with van der Waals surface area (Å²) in [4.78, 5) is 13.4. The van der Waals surface area contributed by atoms with Gasteiger partial charge in [0.1, 0.15) is 6.61 Å². The van der Waals surface area contributed by atoms with E-state index in [-0.39, 0.29) is 12.5 Å². The maximum absolute atomic E-state index is 11.6. The van der Waals surface area contributed by atoms with Gasteiger partial charge in [-0.2, -0.15) is 0 Å². The summed E-state index contributed by atoms with van der Waals surface area (Å²) in [6, 6.07) is 0.360. The van der Waals surface area contributed by atoms with Crippen molar-refractivity contribution in [2.75, 3.05) is 27.9 Å². The molecule has 1 amide bonds. The Morgan fingerprint density at radius 1 is 1.27 bits per heavy atom. The number of carbonyl (C=O) groups excluding carboxylic acids is 1. The van der Waals surface area contributed by atoms with E-state index in [0.717, 1.165) is 25.7 Å². The van der Waals surface area contributed by atoms with Gasteiger partial charge in [0.2, 0.25) is 5.91 Å². The summed E-state index contributed by atoms with van der Waals surface area (Å²) in [6.07, 6.45) is 4.54. The van der Waals surface area contributed by atoms with Crippen LogP contribution >= 0.6 is 0 Å². The maximum Gasteiger partial charge on any atom is 0.248 e. The number of rotatable bonds is 4. The quantitative estimate of drug-likeness (QED) is 0.703. The minimum absolute atomic E-state index is 0.0679. The lowest BCUT2D eigenvalue weighted by molar-refractivity contribution is -0.137. The molecule has 0 aromatic heterocycles. The molecule has 0 N–H and O–H groups in total. The fourth-order valence-corrected chi connectivity index (χ4v) is 2.10. The van der Waals surface area contributed by atoms with Crippen molar-refractivity contribution in [3.05, 3.63) is 0 Å². The van der Waals surface area contributed by atoms with E-state index in [1.165, 1.54) is 0 Å². The van der Waals surface area contributed by atoms with Crippen LogP contribution in [0.2, 0.25) is 0 Å². The molecule has 1 saturated carbocycles. The molecule has 88 valence electrons. The van der Waals surface area contributed by atoms with Crippen molar-refractivity contribution in [1.29, 1.82) is 0 Å². The van der Waals surface area contributed by atoms with Crippen LogP contribution in [0.5, 0.6) is 0 Å². The van der Waals surface area contributed by atoms with E-state index in [2.05, 4.69) is 0 Å². The Morgan fingerprint density at radius 3 is 2.33 bits per heavy atom. The van der Waals surface area contributed by atoms with Gasteiger partial charge < -0.3 is 14.4 Å². The van der Waals surface area contributed by atoms with Crippen LogP contribution in [-0.2, 0) is 14.3 Å². The molecule has 0 aliphatic heterocycles. The Labute approximate surface area is 91.5 Å². The SMILES string of the molecule is COCC(=O)N(C)C1CCC(OC)CC1. The van der Waals surface area contributed by atoms with Crippen LogP contribution in [0.4, 0.5) is 0 Å². The topological polar surface area (TPSA) is 38.8 Å². The number of carbonyl (C=O) groups is 1. The molecule has 0 saturated heterocycles. The van der Waals surface area contributed by atoms with Crippen molar-refractivity contribution in [3.8, 4) is 0 Å². The van der Waals surface area contributed by atoms with Gasteiger partial charge in [0.15, 0.2) is 0 Å². The van der Waals surface area contributed by atoms with Gasteiger partial charge in [-0.1, -0.05) is 0 Å². The number of amides is 1. The lowest BCUT2D eigenvalue weighted by Gasteiger charge is -2.34. The zero-order chi connectivity index (χ0) is 11.3. The number of hydrogen-bond acceptors (Lipinski definition) is 3. The molecule has 4 nitrogen and oxygen atoms in total. The molecule has 1 rings (SSSR count). The smallest absolute Gasteiger partial charge is 0.248 e. The average Bonchev–Trinajstić information content (AvgIpc) is 2.28. The molecule has 1 fully saturated rings. The van der Waals surface area contributed by atoms with Crippen LogP contribution in [0.1, 0.15) is 25.7 Å². The van der Waals surface area contributed by atoms with Gasteiger partial charge in [0.05, 0.1) is 6.10 Å². The highest BCUT2D eigenvalue weighted by Gasteiger charge is 2.26. The van der Waals surface area contributed by atoms with E-state index in [1.54, 1.807) is 14.2 Å².